The third kappa shape index (κ3) is 10.7. The number of methoxy groups -OCH3 is 1. The maximum Gasteiger partial charge on any atom is 0.490 e. The predicted molar refractivity (Wildman–Crippen MR) is 230 cm³/mol. The van der Waals surface area contributed by atoms with Crippen molar-refractivity contribution in [2.24, 2.45) is 11.8 Å². The van der Waals surface area contributed by atoms with Crippen molar-refractivity contribution in [3.8, 4) is 33.8 Å². The first-order valence-corrected chi connectivity index (χ1v) is 21.0. The fourth-order valence-corrected chi connectivity index (χ4v) is 8.14. The number of alkyl carbamates (subject to hydrolysis) is 1. The minimum Gasteiger partial charge on any atom is -0.475 e. The molecule has 4 amide bonds. The Labute approximate surface area is 371 Å². The number of aromatic nitrogens is 6. The molecule has 3 aromatic heterocycles. The van der Waals surface area contributed by atoms with Crippen LogP contribution in [0, 0.1) is 11.8 Å². The maximum absolute atomic E-state index is 13.6. The number of fused-ring (bicyclic) bond motifs is 1. The molecule has 21 heteroatoms. The Balaban J connectivity index is 0.000000925. The first-order chi connectivity index (χ1) is 30.8. The van der Waals surface area contributed by atoms with Crippen molar-refractivity contribution in [3.63, 3.8) is 0 Å². The van der Waals surface area contributed by atoms with Gasteiger partial charge in [0.05, 0.1) is 65.9 Å². The molecule has 2 aliphatic rings. The fourth-order valence-electron chi connectivity index (χ4n) is 8.14. The molecule has 2 aliphatic heterocycles. The Bertz CT molecular complexity index is 2530. The van der Waals surface area contributed by atoms with E-state index in [0.717, 1.165) is 75.4 Å². The van der Waals surface area contributed by atoms with Gasteiger partial charge in [0.25, 0.3) is 0 Å². The van der Waals surface area contributed by atoms with Gasteiger partial charge in [-0.2, -0.15) is 13.2 Å². The highest BCUT2D eigenvalue weighted by Gasteiger charge is 2.41. The van der Waals surface area contributed by atoms with Gasteiger partial charge in [-0.05, 0) is 55.2 Å². The molecule has 65 heavy (non-hydrogen) atoms. The van der Waals surface area contributed by atoms with Crippen LogP contribution in [0.3, 0.4) is 0 Å². The zero-order valence-electron chi connectivity index (χ0n) is 36.6. The number of hydrogen-bond acceptors (Lipinski definition) is 10. The number of imidazole rings is 2. The molecule has 0 unspecified atom stereocenters. The van der Waals surface area contributed by atoms with E-state index in [1.165, 1.54) is 14.2 Å². The molecule has 2 aromatic carbocycles. The lowest BCUT2D eigenvalue weighted by Crippen LogP contribution is -2.51. The highest BCUT2D eigenvalue weighted by Crippen LogP contribution is 2.35. The van der Waals surface area contributed by atoms with Crippen LogP contribution in [0.15, 0.2) is 61.1 Å². The zero-order chi connectivity index (χ0) is 47.3. The van der Waals surface area contributed by atoms with E-state index >= 15 is 0 Å². The largest absolute Gasteiger partial charge is 0.490 e. The van der Waals surface area contributed by atoms with Crippen molar-refractivity contribution in [2.45, 2.75) is 83.7 Å². The molecular weight excluding hydrogens is 854 g/mol. The second-order valence-electron chi connectivity index (χ2n) is 16.5. The summed E-state index contributed by atoms with van der Waals surface area (Å²) in [6, 6.07) is 11.8. The number of amides is 4. The molecule has 0 saturated carbocycles. The van der Waals surface area contributed by atoms with Crippen LogP contribution < -0.4 is 5.32 Å². The number of benzene rings is 2. The molecule has 5 aromatic rings. The number of ether oxygens (including phenoxy) is 1. The van der Waals surface area contributed by atoms with Crippen molar-refractivity contribution < 1.29 is 52.1 Å². The van der Waals surface area contributed by atoms with E-state index < -0.39 is 36.4 Å². The number of halogens is 3. The van der Waals surface area contributed by atoms with Crippen molar-refractivity contribution in [3.05, 3.63) is 72.7 Å². The molecule has 0 aliphatic carbocycles. The van der Waals surface area contributed by atoms with Crippen LogP contribution in [0.2, 0.25) is 0 Å². The molecule has 4 atom stereocenters. The molecule has 5 heterocycles. The summed E-state index contributed by atoms with van der Waals surface area (Å²) in [6.45, 7) is 8.61. The first-order valence-electron chi connectivity index (χ1n) is 21.0. The van der Waals surface area contributed by atoms with Gasteiger partial charge in [-0.15, -0.1) is 0 Å². The van der Waals surface area contributed by atoms with Crippen molar-refractivity contribution in [1.82, 2.24) is 49.9 Å². The Kier molecular flexibility index (Phi) is 14.4. The van der Waals surface area contributed by atoms with Crippen LogP contribution in [0.25, 0.3) is 44.8 Å². The summed E-state index contributed by atoms with van der Waals surface area (Å²) >= 11 is 0. The Morgan fingerprint density at radius 2 is 1.29 bits per heavy atom. The summed E-state index contributed by atoms with van der Waals surface area (Å²) in [4.78, 5) is 90.2. The molecule has 2 saturated heterocycles. The summed E-state index contributed by atoms with van der Waals surface area (Å²) in [6.07, 6.45) is 1.57. The third-order valence-electron chi connectivity index (χ3n) is 11.5. The lowest BCUT2D eigenvalue weighted by Gasteiger charge is -2.33. The Hall–Kier alpha value is -7.06. The van der Waals surface area contributed by atoms with E-state index in [2.05, 4.69) is 25.3 Å². The topological polar surface area (TPSA) is 240 Å². The minimum atomic E-state index is -5.08. The Morgan fingerprint density at radius 3 is 1.80 bits per heavy atom. The molecule has 5 N–H and O–H groups in total. The van der Waals surface area contributed by atoms with Gasteiger partial charge in [-0.1, -0.05) is 58.0 Å². The van der Waals surface area contributed by atoms with Gasteiger partial charge in [-0.3, -0.25) is 19.5 Å². The smallest absolute Gasteiger partial charge is 0.475 e. The molecule has 0 spiro atoms. The second-order valence-corrected chi connectivity index (χ2v) is 16.5. The lowest BCUT2D eigenvalue weighted by molar-refractivity contribution is -0.192. The van der Waals surface area contributed by atoms with Crippen LogP contribution in [0.5, 0.6) is 0 Å². The molecule has 0 radical (unpaired) electrons. The Morgan fingerprint density at radius 1 is 0.769 bits per heavy atom. The van der Waals surface area contributed by atoms with Crippen molar-refractivity contribution >= 4 is 41.0 Å². The van der Waals surface area contributed by atoms with Crippen LogP contribution in [-0.4, -0.2) is 130 Å². The highest BCUT2D eigenvalue weighted by molar-refractivity contribution is 5.87. The van der Waals surface area contributed by atoms with Gasteiger partial charge >= 0.3 is 24.3 Å². The van der Waals surface area contributed by atoms with Gasteiger partial charge in [-0.25, -0.2) is 29.3 Å². The lowest BCUT2D eigenvalue weighted by atomic mass is 10.0. The molecule has 7 rings (SSSR count). The quantitative estimate of drug-likeness (QED) is 0.0896. The number of nitrogens with zero attached hydrogens (tertiary/aromatic N) is 7. The second kappa shape index (κ2) is 19.8. The van der Waals surface area contributed by atoms with Gasteiger partial charge in [0.2, 0.25) is 11.8 Å². The number of nitrogens with one attached hydrogen (secondary N) is 3. The summed E-state index contributed by atoms with van der Waals surface area (Å²) in [5.41, 5.74) is 6.49. The standard InChI is InChI=1S/C42H50N10O6.C2HF3O2/c1-23(2)35(49-41(55)58-6)39(53)51-17-7-9-33(51)37-45-22-32(48-37)27-15-16-28-29(19-27)43-20-30(46-28)25-11-13-26(14-12-25)31-21-44-38(47-31)34-10-8-18-52(34)40(54)36(24(3)4)50(5)42(56)57;3-2(4,5)1(6)7/h11-16,19-24,33-36H,7-10,17-18H2,1-6H3,(H,44,47)(H,45,48)(H,49,55)(H,56,57);(H,6,7)/t33-,34-,35+,36-;/m0./s1. The number of alkyl halides is 3. The molecule has 346 valence electrons. The molecule has 0 bridgehead atoms. The van der Waals surface area contributed by atoms with Gasteiger partial charge in [0, 0.05) is 31.3 Å². The number of likely N-dealkylation sites (N-methyl/N-ethyl adjacent to an activating group) is 1. The van der Waals surface area contributed by atoms with E-state index in [0.29, 0.717) is 24.7 Å². The van der Waals surface area contributed by atoms with Crippen molar-refractivity contribution in [2.75, 3.05) is 27.2 Å². The summed E-state index contributed by atoms with van der Waals surface area (Å²) < 4.78 is 36.5. The monoisotopic (exact) mass is 904 g/mol. The number of carbonyl (C=O) groups is 5. The fraction of sp³-hybridized carbons (Fsp3) is 0.432. The predicted octanol–water partition coefficient (Wildman–Crippen LogP) is 7.05. The number of rotatable bonds is 11. The summed E-state index contributed by atoms with van der Waals surface area (Å²) in [5.74, 6) is -2.06. The van der Waals surface area contributed by atoms with Crippen LogP contribution in [0.1, 0.15) is 77.1 Å². The summed E-state index contributed by atoms with van der Waals surface area (Å²) in [7, 11) is 2.72. The number of hydrogen-bond donors (Lipinski definition) is 5. The van der Waals surface area contributed by atoms with Gasteiger partial charge < -0.3 is 40.0 Å². The molecule has 18 nitrogen and oxygen atoms in total. The SMILES string of the molecule is COC(=O)N[C@@H](C(=O)N1CCC[C@H]1c1ncc(-c2ccc3nc(-c4ccc(-c5cnc([C@@H]6CCCN6C(=O)[C@H](C(C)C)N(C)C(=O)O)[nH]5)cc4)cnc3c2)[nH]1)C(C)C.O=C(O)C(F)(F)F. The van der Waals surface area contributed by atoms with Crippen LogP contribution in [0.4, 0.5) is 22.8 Å². The van der Waals surface area contributed by atoms with Crippen LogP contribution >= 0.6 is 0 Å². The van der Waals surface area contributed by atoms with E-state index in [1.807, 2.05) is 70.2 Å². The minimum absolute atomic E-state index is 0.120. The number of carbonyl (C=O) groups excluding carboxylic acids is 3. The molecule has 2 fully saturated rings. The van der Waals surface area contributed by atoms with Crippen LogP contribution in [-0.2, 0) is 19.1 Å². The number of aromatic amines is 2. The number of carboxylic acid groups (broad SMARTS) is 2. The average Bonchev–Trinajstić information content (AvgIpc) is 4.12. The number of likely N-dealkylation sites (tertiary alicyclic amines) is 2. The van der Waals surface area contributed by atoms with E-state index in [1.54, 1.807) is 28.4 Å². The third-order valence-corrected chi connectivity index (χ3v) is 11.5. The maximum atomic E-state index is 13.6. The highest BCUT2D eigenvalue weighted by atomic mass is 19.4. The average molecular weight is 905 g/mol. The van der Waals surface area contributed by atoms with E-state index in [-0.39, 0.29) is 35.7 Å². The normalized spacial score (nSPS) is 17.2. The van der Waals surface area contributed by atoms with Gasteiger partial charge in [0.1, 0.15) is 23.7 Å². The van der Waals surface area contributed by atoms with Crippen molar-refractivity contribution in [1.29, 1.82) is 0 Å². The first kappa shape index (κ1) is 47.4. The number of carboxylic acids is 1. The number of H-pyrrole nitrogens is 2. The summed E-state index contributed by atoms with van der Waals surface area (Å²) in [5, 5.41) is 19.4. The van der Waals surface area contributed by atoms with E-state index in [9.17, 15) is 37.5 Å². The zero-order valence-corrected chi connectivity index (χ0v) is 36.6. The van der Waals surface area contributed by atoms with E-state index in [4.69, 9.17) is 24.6 Å². The molecular formula is C44H51F3N10O8. The number of aliphatic carboxylic acids is 1. The van der Waals surface area contributed by atoms with Gasteiger partial charge in [0.15, 0.2) is 0 Å².